The number of aromatic nitrogens is 2. The molecule has 0 amide bonds. The van der Waals surface area contributed by atoms with E-state index in [1.54, 1.807) is 29.1 Å². The number of aryl methyl sites for hydroxylation is 1. The monoisotopic (exact) mass is 291 g/mol. The third-order valence-corrected chi connectivity index (χ3v) is 4.18. The zero-order chi connectivity index (χ0) is 13.9. The highest BCUT2D eigenvalue weighted by atomic mass is 35.5. The summed E-state index contributed by atoms with van der Waals surface area (Å²) in [5.41, 5.74) is 0.592. The smallest absolute Gasteiger partial charge is 0.261 e. The van der Waals surface area contributed by atoms with Gasteiger partial charge in [0.1, 0.15) is 0 Å². The summed E-state index contributed by atoms with van der Waals surface area (Å²) in [5.74, 6) is 0. The van der Waals surface area contributed by atoms with Gasteiger partial charge in [-0.15, -0.1) is 0 Å². The molecule has 106 valence electrons. The first-order valence-electron chi connectivity index (χ1n) is 7.12. The van der Waals surface area contributed by atoms with Crippen LogP contribution in [-0.2, 0) is 6.54 Å². The molecule has 20 heavy (non-hydrogen) atoms. The molecule has 1 aromatic heterocycles. The summed E-state index contributed by atoms with van der Waals surface area (Å²) >= 11 is 6.05. The van der Waals surface area contributed by atoms with Gasteiger partial charge in [-0.1, -0.05) is 17.7 Å². The third kappa shape index (κ3) is 2.72. The highest BCUT2D eigenvalue weighted by molar-refractivity contribution is 6.34. The lowest BCUT2D eigenvalue weighted by molar-refractivity contribution is 0.324. The molecule has 0 spiro atoms. The van der Waals surface area contributed by atoms with Crippen molar-refractivity contribution >= 4 is 22.5 Å². The van der Waals surface area contributed by atoms with Crippen LogP contribution in [0.5, 0.6) is 0 Å². The Morgan fingerprint density at radius 2 is 2.00 bits per heavy atom. The second-order valence-electron chi connectivity index (χ2n) is 5.28. The summed E-state index contributed by atoms with van der Waals surface area (Å²) in [7, 11) is 0. The minimum absolute atomic E-state index is 0.000998. The minimum atomic E-state index is -0.000998. The van der Waals surface area contributed by atoms with Crippen molar-refractivity contribution in [3.63, 3.8) is 0 Å². The Kier molecular flexibility index (Phi) is 4.03. The van der Waals surface area contributed by atoms with Gasteiger partial charge in [0.2, 0.25) is 0 Å². The van der Waals surface area contributed by atoms with Gasteiger partial charge in [-0.3, -0.25) is 9.36 Å². The van der Waals surface area contributed by atoms with Crippen LogP contribution in [-0.4, -0.2) is 34.1 Å². The van der Waals surface area contributed by atoms with Crippen LogP contribution >= 0.6 is 11.6 Å². The van der Waals surface area contributed by atoms with Gasteiger partial charge in [-0.05, 0) is 51.0 Å². The molecule has 5 heteroatoms. The van der Waals surface area contributed by atoms with E-state index in [2.05, 4.69) is 9.88 Å². The molecule has 0 bridgehead atoms. The van der Waals surface area contributed by atoms with Crippen LogP contribution in [0.1, 0.15) is 19.3 Å². The van der Waals surface area contributed by atoms with Gasteiger partial charge >= 0.3 is 0 Å². The van der Waals surface area contributed by atoms with E-state index in [4.69, 9.17) is 11.6 Å². The number of fused-ring (bicyclic) bond motifs is 1. The molecule has 2 aromatic rings. The van der Waals surface area contributed by atoms with Crippen molar-refractivity contribution in [3.8, 4) is 0 Å². The van der Waals surface area contributed by atoms with E-state index in [0.717, 1.165) is 13.0 Å². The van der Waals surface area contributed by atoms with Gasteiger partial charge in [0, 0.05) is 6.54 Å². The molecule has 2 heterocycles. The number of benzene rings is 1. The van der Waals surface area contributed by atoms with Gasteiger partial charge in [-0.25, -0.2) is 4.98 Å². The van der Waals surface area contributed by atoms with Gasteiger partial charge < -0.3 is 4.90 Å². The lowest BCUT2D eigenvalue weighted by atomic mass is 10.2. The van der Waals surface area contributed by atoms with Crippen LogP contribution in [0.25, 0.3) is 10.9 Å². The molecular weight excluding hydrogens is 274 g/mol. The zero-order valence-corrected chi connectivity index (χ0v) is 12.1. The highest BCUT2D eigenvalue weighted by Crippen LogP contribution is 2.17. The Morgan fingerprint density at radius 1 is 1.20 bits per heavy atom. The van der Waals surface area contributed by atoms with Gasteiger partial charge in [-0.2, -0.15) is 0 Å². The number of halogens is 1. The highest BCUT2D eigenvalue weighted by Gasteiger charge is 2.11. The Hall–Kier alpha value is -1.39. The molecule has 4 nitrogen and oxygen atoms in total. The first-order valence-corrected chi connectivity index (χ1v) is 7.49. The largest absolute Gasteiger partial charge is 0.303 e. The van der Waals surface area contributed by atoms with Crippen molar-refractivity contribution in [3.05, 3.63) is 39.9 Å². The number of para-hydroxylation sites is 1. The molecule has 0 N–H and O–H groups in total. The maximum atomic E-state index is 12.4. The molecular formula is C15H18ClN3O. The average molecular weight is 292 g/mol. The number of likely N-dealkylation sites (tertiary alicyclic amines) is 1. The molecule has 1 aromatic carbocycles. The topological polar surface area (TPSA) is 38.1 Å². The van der Waals surface area contributed by atoms with Crippen molar-refractivity contribution in [2.24, 2.45) is 0 Å². The Bertz CT molecular complexity index is 662. The second kappa shape index (κ2) is 5.94. The maximum Gasteiger partial charge on any atom is 0.261 e. The van der Waals surface area contributed by atoms with Gasteiger partial charge in [0.15, 0.2) is 0 Å². The fraction of sp³-hybridized carbons (Fsp3) is 0.467. The normalized spacial score (nSPS) is 16.1. The lowest BCUT2D eigenvalue weighted by Gasteiger charge is -2.14. The van der Waals surface area contributed by atoms with E-state index in [9.17, 15) is 4.79 Å². The van der Waals surface area contributed by atoms with E-state index >= 15 is 0 Å². The van der Waals surface area contributed by atoms with E-state index in [0.29, 0.717) is 22.5 Å². The number of nitrogens with zero attached hydrogens (tertiary/aromatic N) is 3. The minimum Gasteiger partial charge on any atom is -0.303 e. The zero-order valence-electron chi connectivity index (χ0n) is 11.4. The Labute approximate surface area is 123 Å². The Morgan fingerprint density at radius 3 is 2.80 bits per heavy atom. The van der Waals surface area contributed by atoms with E-state index in [1.807, 2.05) is 0 Å². The third-order valence-electron chi connectivity index (χ3n) is 3.88. The van der Waals surface area contributed by atoms with Crippen LogP contribution in [0.3, 0.4) is 0 Å². The summed E-state index contributed by atoms with van der Waals surface area (Å²) < 4.78 is 1.69. The van der Waals surface area contributed by atoms with Crippen molar-refractivity contribution in [2.75, 3.05) is 19.6 Å². The van der Waals surface area contributed by atoms with Gasteiger partial charge in [0.05, 0.1) is 22.3 Å². The molecule has 0 unspecified atom stereocenters. The summed E-state index contributed by atoms with van der Waals surface area (Å²) in [6.07, 6.45) is 5.19. The van der Waals surface area contributed by atoms with Crippen LogP contribution < -0.4 is 5.56 Å². The number of hydrogen-bond donors (Lipinski definition) is 0. The fourth-order valence-corrected chi connectivity index (χ4v) is 3.01. The van der Waals surface area contributed by atoms with Crippen molar-refractivity contribution in [1.82, 2.24) is 14.5 Å². The summed E-state index contributed by atoms with van der Waals surface area (Å²) in [4.78, 5) is 19.1. The van der Waals surface area contributed by atoms with Crippen LogP contribution in [0.2, 0.25) is 5.02 Å². The van der Waals surface area contributed by atoms with Crippen LogP contribution in [0.15, 0.2) is 29.3 Å². The molecule has 1 aliphatic rings. The predicted octanol–water partition coefficient (Wildman–Crippen LogP) is 2.54. The SMILES string of the molecule is O=c1c2cccc(Cl)c2ncn1CCCN1CCCC1. The number of rotatable bonds is 4. The molecule has 3 rings (SSSR count). The maximum absolute atomic E-state index is 12.4. The molecule has 1 saturated heterocycles. The molecule has 0 radical (unpaired) electrons. The average Bonchev–Trinajstić information content (AvgIpc) is 2.95. The fourth-order valence-electron chi connectivity index (χ4n) is 2.78. The van der Waals surface area contributed by atoms with Crippen molar-refractivity contribution < 1.29 is 0 Å². The van der Waals surface area contributed by atoms with E-state index < -0.39 is 0 Å². The standard InChI is InChI=1S/C15H18ClN3O/c16-13-6-3-5-12-14(13)17-11-19(15(12)20)10-4-9-18-7-1-2-8-18/h3,5-6,11H,1-2,4,7-10H2. The molecule has 1 fully saturated rings. The van der Waals surface area contributed by atoms with Crippen molar-refractivity contribution in [1.29, 1.82) is 0 Å². The first kappa shape index (κ1) is 13.6. The summed E-state index contributed by atoms with van der Waals surface area (Å²) in [5, 5.41) is 1.13. The van der Waals surface area contributed by atoms with Crippen LogP contribution in [0, 0.1) is 0 Å². The summed E-state index contributed by atoms with van der Waals surface area (Å²) in [6, 6.07) is 5.34. The number of hydrogen-bond acceptors (Lipinski definition) is 3. The lowest BCUT2D eigenvalue weighted by Crippen LogP contribution is -2.25. The van der Waals surface area contributed by atoms with Crippen molar-refractivity contribution in [2.45, 2.75) is 25.8 Å². The predicted molar refractivity (Wildman–Crippen MR) is 81.3 cm³/mol. The molecule has 0 saturated carbocycles. The van der Waals surface area contributed by atoms with Crippen LogP contribution in [0.4, 0.5) is 0 Å². The molecule has 1 aliphatic heterocycles. The molecule has 0 aliphatic carbocycles. The summed E-state index contributed by atoms with van der Waals surface area (Å²) in [6.45, 7) is 4.16. The van der Waals surface area contributed by atoms with E-state index in [1.165, 1.54) is 25.9 Å². The quantitative estimate of drug-likeness (QED) is 0.869. The second-order valence-corrected chi connectivity index (χ2v) is 5.69. The first-order chi connectivity index (χ1) is 9.75. The molecule has 0 atom stereocenters. The van der Waals surface area contributed by atoms with E-state index in [-0.39, 0.29) is 5.56 Å². The van der Waals surface area contributed by atoms with Gasteiger partial charge in [0.25, 0.3) is 5.56 Å². The Balaban J connectivity index is 1.75.